The predicted molar refractivity (Wildman–Crippen MR) is 114 cm³/mol. The van der Waals surface area contributed by atoms with Crippen LogP contribution in [0.2, 0.25) is 0 Å². The highest BCUT2D eigenvalue weighted by Gasteiger charge is 2.35. The van der Waals surface area contributed by atoms with E-state index in [-0.39, 0.29) is 23.9 Å². The molecule has 1 rings (SSSR count). The van der Waals surface area contributed by atoms with Crippen molar-refractivity contribution in [3.63, 3.8) is 0 Å². The molecule has 1 aromatic rings. The molecule has 2 N–H and O–H groups in total. The molecule has 0 saturated heterocycles. The topological polar surface area (TPSA) is 90.9 Å². The molecule has 7 heteroatoms. The number of ether oxygens (including phenoxy) is 3. The first kappa shape index (κ1) is 24.8. The zero-order valence-electron chi connectivity index (χ0n) is 18.5. The third kappa shape index (κ3) is 7.95. The number of methoxy groups -OCH3 is 1. The number of nitrogens with zero attached hydrogens (tertiary/aromatic N) is 1. The maximum absolute atomic E-state index is 12.5. The van der Waals surface area contributed by atoms with E-state index in [9.17, 15) is 9.59 Å². The van der Waals surface area contributed by atoms with E-state index in [1.54, 1.807) is 25.3 Å². The quantitative estimate of drug-likeness (QED) is 0.248. The van der Waals surface area contributed by atoms with E-state index in [1.165, 1.54) is 11.5 Å². The number of carbonyl (C=O) groups excluding carboxylic acids is 2. The summed E-state index contributed by atoms with van der Waals surface area (Å²) in [4.78, 5) is 24.0. The number of hydrogen-bond acceptors (Lipinski definition) is 6. The number of carbonyl (C=O) groups is 2. The van der Waals surface area contributed by atoms with Crippen molar-refractivity contribution in [1.82, 2.24) is 0 Å². The number of nitrogen functional groups attached to an aromatic ring is 1. The number of ketones is 1. The van der Waals surface area contributed by atoms with Crippen molar-refractivity contribution in [2.75, 3.05) is 32.7 Å². The number of rotatable bonds is 12. The van der Waals surface area contributed by atoms with Gasteiger partial charge in [-0.15, -0.1) is 0 Å². The largest absolute Gasteiger partial charge is 0.479 e. The lowest BCUT2D eigenvalue weighted by Gasteiger charge is -2.27. The van der Waals surface area contributed by atoms with Gasteiger partial charge in [-0.2, -0.15) is 4.58 Å². The minimum Gasteiger partial charge on any atom is -0.479 e. The summed E-state index contributed by atoms with van der Waals surface area (Å²) < 4.78 is 18.0. The van der Waals surface area contributed by atoms with Gasteiger partial charge in [0, 0.05) is 51.3 Å². The van der Waals surface area contributed by atoms with Gasteiger partial charge < -0.3 is 19.9 Å². The lowest BCUT2D eigenvalue weighted by atomic mass is 9.99. The van der Waals surface area contributed by atoms with Crippen LogP contribution >= 0.6 is 0 Å². The molecular formula is C22H35N2O5+. The molecular weight excluding hydrogens is 372 g/mol. The second-order valence-corrected chi connectivity index (χ2v) is 8.33. The van der Waals surface area contributed by atoms with Crippen LogP contribution in [-0.2, 0) is 14.3 Å². The van der Waals surface area contributed by atoms with Crippen LogP contribution in [0.4, 0.5) is 5.69 Å². The van der Waals surface area contributed by atoms with E-state index >= 15 is 0 Å². The second kappa shape index (κ2) is 10.5. The number of benzene rings is 1. The summed E-state index contributed by atoms with van der Waals surface area (Å²) in [6.45, 7) is 14.2. The second-order valence-electron chi connectivity index (χ2n) is 8.33. The Bertz CT molecular complexity index is 741. The molecule has 0 aromatic heterocycles. The Balaban J connectivity index is 2.57. The van der Waals surface area contributed by atoms with Gasteiger partial charge in [0.05, 0.1) is 12.2 Å². The van der Waals surface area contributed by atoms with Gasteiger partial charge in [-0.3, -0.25) is 4.79 Å². The van der Waals surface area contributed by atoms with Gasteiger partial charge in [0.2, 0.25) is 6.61 Å². The van der Waals surface area contributed by atoms with Crippen molar-refractivity contribution in [3.05, 3.63) is 23.8 Å². The van der Waals surface area contributed by atoms with Gasteiger partial charge in [-0.05, 0) is 39.3 Å². The summed E-state index contributed by atoms with van der Waals surface area (Å²) in [5.41, 5.74) is 5.80. The van der Waals surface area contributed by atoms with Crippen LogP contribution in [0.5, 0.6) is 5.75 Å². The number of amides is 1. The SMILES string of the molecule is C=[N+](C(=O)COc1ccc(C(C)=O)c(N)c1)C(C)(C)CCOC(C)(C)CCOC. The van der Waals surface area contributed by atoms with E-state index in [0.29, 0.717) is 36.6 Å². The van der Waals surface area contributed by atoms with Gasteiger partial charge >= 0.3 is 5.91 Å². The summed E-state index contributed by atoms with van der Waals surface area (Å²) in [5.74, 6) is 0.0431. The Kier molecular flexibility index (Phi) is 8.98. The molecule has 162 valence electrons. The smallest absolute Gasteiger partial charge is 0.424 e. The van der Waals surface area contributed by atoms with Crippen molar-refractivity contribution in [2.45, 2.75) is 58.6 Å². The van der Waals surface area contributed by atoms with Crippen molar-refractivity contribution < 1.29 is 28.4 Å². The summed E-state index contributed by atoms with van der Waals surface area (Å²) >= 11 is 0. The molecule has 0 atom stereocenters. The van der Waals surface area contributed by atoms with Gasteiger partial charge in [-0.1, -0.05) is 0 Å². The average Bonchev–Trinajstić information content (AvgIpc) is 2.63. The van der Waals surface area contributed by atoms with Crippen LogP contribution in [-0.4, -0.2) is 61.1 Å². The highest BCUT2D eigenvalue weighted by atomic mass is 16.5. The van der Waals surface area contributed by atoms with Crippen molar-refractivity contribution >= 4 is 24.1 Å². The monoisotopic (exact) mass is 407 g/mol. The predicted octanol–water partition coefficient (Wildman–Crippen LogP) is 3.09. The molecule has 29 heavy (non-hydrogen) atoms. The van der Waals surface area contributed by atoms with Gasteiger partial charge in [0.15, 0.2) is 11.3 Å². The Morgan fingerprint density at radius 2 is 1.79 bits per heavy atom. The molecule has 0 aliphatic heterocycles. The van der Waals surface area contributed by atoms with Crippen LogP contribution in [0.3, 0.4) is 0 Å². The minimum absolute atomic E-state index is 0.122. The van der Waals surface area contributed by atoms with Gasteiger partial charge in [-0.25, -0.2) is 4.79 Å². The molecule has 0 fully saturated rings. The summed E-state index contributed by atoms with van der Waals surface area (Å²) in [6, 6.07) is 4.75. The number of hydrogen-bond donors (Lipinski definition) is 1. The third-order valence-corrected chi connectivity index (χ3v) is 4.91. The molecule has 7 nitrogen and oxygen atoms in total. The van der Waals surface area contributed by atoms with Crippen molar-refractivity contribution in [2.24, 2.45) is 0 Å². The maximum atomic E-state index is 12.5. The fraction of sp³-hybridized carbons (Fsp3) is 0.591. The molecule has 0 unspecified atom stereocenters. The standard InChI is InChI=1S/C22H34N2O5/c1-16(25)18-9-8-17(14-19(18)23)28-15-20(26)24(6)21(2,3)10-13-29-22(4,5)11-12-27-7/h8-9,14H,6,10-13,15H2,1-5,7H3,(H-,23,25)/p+1. The van der Waals surface area contributed by atoms with E-state index in [4.69, 9.17) is 19.9 Å². The lowest BCUT2D eigenvalue weighted by Crippen LogP contribution is -2.43. The summed E-state index contributed by atoms with van der Waals surface area (Å²) in [6.07, 6.45) is 1.41. The van der Waals surface area contributed by atoms with E-state index in [2.05, 4.69) is 6.72 Å². The average molecular weight is 408 g/mol. The Labute approximate surface area is 173 Å². The lowest BCUT2D eigenvalue weighted by molar-refractivity contribution is -0.521. The first-order valence-electron chi connectivity index (χ1n) is 9.69. The minimum atomic E-state index is -0.505. The molecule has 0 radical (unpaired) electrons. The molecule has 0 heterocycles. The Morgan fingerprint density at radius 1 is 1.14 bits per heavy atom. The third-order valence-electron chi connectivity index (χ3n) is 4.91. The highest BCUT2D eigenvalue weighted by Crippen LogP contribution is 2.22. The van der Waals surface area contributed by atoms with Crippen LogP contribution in [0.15, 0.2) is 18.2 Å². The van der Waals surface area contributed by atoms with E-state index in [0.717, 1.165) is 6.42 Å². The van der Waals surface area contributed by atoms with E-state index < -0.39 is 5.54 Å². The molecule has 1 amide bonds. The molecule has 0 spiro atoms. The van der Waals surface area contributed by atoms with Crippen molar-refractivity contribution in [3.8, 4) is 5.75 Å². The zero-order valence-corrected chi connectivity index (χ0v) is 18.5. The molecule has 1 aromatic carbocycles. The fourth-order valence-corrected chi connectivity index (χ4v) is 2.64. The zero-order chi connectivity index (χ0) is 22.2. The normalized spacial score (nSPS) is 11.9. The first-order chi connectivity index (χ1) is 13.4. The van der Waals surface area contributed by atoms with Crippen LogP contribution in [0.25, 0.3) is 0 Å². The highest BCUT2D eigenvalue weighted by molar-refractivity contribution is 5.99. The molecule has 0 aliphatic rings. The Morgan fingerprint density at radius 3 is 2.34 bits per heavy atom. The number of nitrogens with two attached hydrogens (primary N) is 1. The van der Waals surface area contributed by atoms with Crippen LogP contribution in [0.1, 0.15) is 57.8 Å². The Hall–Kier alpha value is -2.25. The summed E-state index contributed by atoms with van der Waals surface area (Å²) in [7, 11) is 1.67. The maximum Gasteiger partial charge on any atom is 0.424 e. The first-order valence-corrected chi connectivity index (χ1v) is 9.69. The summed E-state index contributed by atoms with van der Waals surface area (Å²) in [5, 5.41) is 0. The number of Topliss-reactive ketones (excluding diaryl/α,β-unsaturated/α-hetero) is 1. The number of anilines is 1. The van der Waals surface area contributed by atoms with E-state index in [1.807, 2.05) is 27.7 Å². The molecule has 0 aliphatic carbocycles. The van der Waals surface area contributed by atoms with Crippen LogP contribution < -0.4 is 10.5 Å². The van der Waals surface area contributed by atoms with Crippen LogP contribution in [0, 0.1) is 0 Å². The fourth-order valence-electron chi connectivity index (χ4n) is 2.64. The molecule has 0 saturated carbocycles. The molecule has 0 bridgehead atoms. The van der Waals surface area contributed by atoms with Gasteiger partial charge in [0.25, 0.3) is 0 Å². The van der Waals surface area contributed by atoms with Crippen molar-refractivity contribution in [1.29, 1.82) is 0 Å². The van der Waals surface area contributed by atoms with Gasteiger partial charge in [0.1, 0.15) is 12.5 Å².